The smallest absolute Gasteiger partial charge is 0.140 e. The van der Waals surface area contributed by atoms with Gasteiger partial charge in [0, 0.05) is 18.0 Å². The van der Waals surface area contributed by atoms with Gasteiger partial charge in [-0.05, 0) is 37.6 Å². The number of hydrogen-bond acceptors (Lipinski definition) is 2. The number of nitrogens with zero attached hydrogens (tertiary/aromatic N) is 2. The van der Waals surface area contributed by atoms with Crippen molar-refractivity contribution >= 4 is 5.65 Å². The van der Waals surface area contributed by atoms with Gasteiger partial charge in [0.25, 0.3) is 0 Å². The number of aryl methyl sites for hydroxylation is 1. The quantitative estimate of drug-likeness (QED) is 0.710. The largest absolute Gasteiger partial charge is 0.493 e. The van der Waals surface area contributed by atoms with Gasteiger partial charge in [0.2, 0.25) is 0 Å². The first-order chi connectivity index (χ1) is 9.29. The Kier molecular flexibility index (Phi) is 2.95. The lowest BCUT2D eigenvalue weighted by molar-refractivity contribution is 0.341. The molecular formula is C16H16N2O. The second kappa shape index (κ2) is 4.76. The van der Waals surface area contributed by atoms with E-state index < -0.39 is 0 Å². The van der Waals surface area contributed by atoms with Crippen LogP contribution in [0.3, 0.4) is 0 Å². The summed E-state index contributed by atoms with van der Waals surface area (Å²) in [5.41, 5.74) is 4.14. The fourth-order valence-electron chi connectivity index (χ4n) is 2.24. The summed E-state index contributed by atoms with van der Waals surface area (Å²) in [6.45, 7) is 4.72. The van der Waals surface area contributed by atoms with Crippen molar-refractivity contribution in [3.05, 3.63) is 54.4 Å². The fourth-order valence-corrected chi connectivity index (χ4v) is 2.24. The first-order valence-corrected chi connectivity index (χ1v) is 6.46. The summed E-state index contributed by atoms with van der Waals surface area (Å²) < 4.78 is 7.72. The van der Waals surface area contributed by atoms with E-state index in [-0.39, 0.29) is 0 Å². The topological polar surface area (TPSA) is 26.5 Å². The van der Waals surface area contributed by atoms with Gasteiger partial charge in [-0.2, -0.15) is 0 Å². The zero-order chi connectivity index (χ0) is 13.2. The Balaban J connectivity index is 2.17. The number of fused-ring (bicyclic) bond motifs is 1. The van der Waals surface area contributed by atoms with E-state index in [9.17, 15) is 0 Å². The molecule has 0 aliphatic heterocycles. The predicted octanol–water partition coefficient (Wildman–Crippen LogP) is 3.71. The summed E-state index contributed by atoms with van der Waals surface area (Å²) in [6.07, 6.45) is 4.06. The lowest BCUT2D eigenvalue weighted by atomic mass is 10.1. The first kappa shape index (κ1) is 11.8. The van der Waals surface area contributed by atoms with Crippen LogP contribution in [0.1, 0.15) is 12.5 Å². The van der Waals surface area contributed by atoms with E-state index in [2.05, 4.69) is 13.0 Å². The molecule has 3 heteroatoms. The van der Waals surface area contributed by atoms with Crippen molar-refractivity contribution in [3.63, 3.8) is 0 Å². The van der Waals surface area contributed by atoms with E-state index in [4.69, 9.17) is 9.72 Å². The minimum absolute atomic E-state index is 0.656. The lowest BCUT2D eigenvalue weighted by Crippen LogP contribution is -1.93. The predicted molar refractivity (Wildman–Crippen MR) is 76.5 cm³/mol. The normalized spacial score (nSPS) is 10.8. The maximum absolute atomic E-state index is 5.67. The first-order valence-electron chi connectivity index (χ1n) is 6.46. The molecule has 1 aromatic carbocycles. The number of pyridine rings is 1. The minimum atomic E-state index is 0.656. The van der Waals surface area contributed by atoms with E-state index in [1.54, 1.807) is 0 Å². The highest BCUT2D eigenvalue weighted by molar-refractivity contribution is 5.69. The van der Waals surface area contributed by atoms with Crippen LogP contribution >= 0.6 is 0 Å². The van der Waals surface area contributed by atoms with E-state index >= 15 is 0 Å². The van der Waals surface area contributed by atoms with Gasteiger partial charge in [-0.1, -0.05) is 18.2 Å². The highest BCUT2D eigenvalue weighted by atomic mass is 16.5. The second-order valence-corrected chi connectivity index (χ2v) is 4.48. The van der Waals surface area contributed by atoms with Crippen molar-refractivity contribution in [2.24, 2.45) is 0 Å². The Labute approximate surface area is 112 Å². The zero-order valence-corrected chi connectivity index (χ0v) is 11.1. The SMILES string of the molecule is CCOc1ccccc1-c1cn2cccc(C)c2n1. The molecule has 3 aromatic rings. The van der Waals surface area contributed by atoms with Crippen LogP contribution in [0.2, 0.25) is 0 Å². The molecule has 0 fully saturated rings. The molecule has 0 aliphatic carbocycles. The monoisotopic (exact) mass is 252 g/mol. The van der Waals surface area contributed by atoms with Crippen molar-refractivity contribution in [1.82, 2.24) is 9.38 Å². The molecule has 3 rings (SSSR count). The van der Waals surface area contributed by atoms with Crippen molar-refractivity contribution in [2.45, 2.75) is 13.8 Å². The Morgan fingerprint density at radius 3 is 2.79 bits per heavy atom. The zero-order valence-electron chi connectivity index (χ0n) is 11.1. The highest BCUT2D eigenvalue weighted by Gasteiger charge is 2.10. The third kappa shape index (κ3) is 2.08. The van der Waals surface area contributed by atoms with Gasteiger partial charge in [-0.25, -0.2) is 4.98 Å². The third-order valence-electron chi connectivity index (χ3n) is 3.14. The number of benzene rings is 1. The summed E-state index contributed by atoms with van der Waals surface area (Å²) in [5.74, 6) is 0.881. The molecule has 0 spiro atoms. The molecule has 3 nitrogen and oxygen atoms in total. The Bertz CT molecular complexity index is 716. The van der Waals surface area contributed by atoms with Gasteiger partial charge >= 0.3 is 0 Å². The van der Waals surface area contributed by atoms with Crippen molar-refractivity contribution in [1.29, 1.82) is 0 Å². The molecule has 2 heterocycles. The standard InChI is InChI=1S/C16H16N2O/c1-3-19-15-9-5-4-8-13(15)14-11-18-10-6-7-12(2)16(18)17-14/h4-11H,3H2,1-2H3. The molecule has 96 valence electrons. The fraction of sp³-hybridized carbons (Fsp3) is 0.188. The summed E-state index contributed by atoms with van der Waals surface area (Å²) in [7, 11) is 0. The molecule has 0 saturated carbocycles. The Morgan fingerprint density at radius 1 is 1.16 bits per heavy atom. The number of imidazole rings is 1. The Hall–Kier alpha value is -2.29. The van der Waals surface area contributed by atoms with Crippen LogP contribution in [0.15, 0.2) is 48.8 Å². The van der Waals surface area contributed by atoms with Crippen molar-refractivity contribution < 1.29 is 4.74 Å². The van der Waals surface area contributed by atoms with Gasteiger partial charge in [0.1, 0.15) is 11.4 Å². The molecular weight excluding hydrogens is 236 g/mol. The lowest BCUT2D eigenvalue weighted by Gasteiger charge is -2.07. The molecule has 0 unspecified atom stereocenters. The van der Waals surface area contributed by atoms with Crippen LogP contribution in [-0.2, 0) is 0 Å². The number of rotatable bonds is 3. The van der Waals surface area contributed by atoms with Crippen LogP contribution in [0.25, 0.3) is 16.9 Å². The van der Waals surface area contributed by atoms with Gasteiger partial charge in [0.05, 0.1) is 12.3 Å². The summed E-state index contributed by atoms with van der Waals surface area (Å²) >= 11 is 0. The molecule has 0 aliphatic rings. The van der Waals surface area contributed by atoms with Crippen LogP contribution < -0.4 is 4.74 Å². The van der Waals surface area contributed by atoms with Crippen molar-refractivity contribution in [3.8, 4) is 17.0 Å². The van der Waals surface area contributed by atoms with Crippen LogP contribution in [0.4, 0.5) is 0 Å². The minimum Gasteiger partial charge on any atom is -0.493 e. The van der Waals surface area contributed by atoms with E-state index in [1.165, 1.54) is 5.56 Å². The van der Waals surface area contributed by atoms with Gasteiger partial charge in [-0.15, -0.1) is 0 Å². The molecule has 0 atom stereocenters. The Morgan fingerprint density at radius 2 is 2.00 bits per heavy atom. The van der Waals surface area contributed by atoms with Crippen LogP contribution in [0, 0.1) is 6.92 Å². The molecule has 0 radical (unpaired) electrons. The number of aromatic nitrogens is 2. The maximum Gasteiger partial charge on any atom is 0.140 e. The van der Waals surface area contributed by atoms with Gasteiger partial charge in [-0.3, -0.25) is 0 Å². The average molecular weight is 252 g/mol. The summed E-state index contributed by atoms with van der Waals surface area (Å²) in [5, 5.41) is 0. The summed E-state index contributed by atoms with van der Waals surface area (Å²) in [6, 6.07) is 12.1. The second-order valence-electron chi connectivity index (χ2n) is 4.48. The van der Waals surface area contributed by atoms with E-state index in [1.807, 2.05) is 54.0 Å². The molecule has 2 aromatic heterocycles. The average Bonchev–Trinajstić information content (AvgIpc) is 2.85. The molecule has 0 bridgehead atoms. The van der Waals surface area contributed by atoms with Gasteiger partial charge in [0.15, 0.2) is 0 Å². The number of para-hydroxylation sites is 1. The van der Waals surface area contributed by atoms with Crippen LogP contribution in [0.5, 0.6) is 5.75 Å². The number of ether oxygens (including phenoxy) is 1. The number of hydrogen-bond donors (Lipinski definition) is 0. The summed E-state index contributed by atoms with van der Waals surface area (Å²) in [4.78, 5) is 4.71. The maximum atomic E-state index is 5.67. The highest BCUT2D eigenvalue weighted by Crippen LogP contribution is 2.29. The van der Waals surface area contributed by atoms with E-state index in [0.29, 0.717) is 6.61 Å². The van der Waals surface area contributed by atoms with Crippen LogP contribution in [-0.4, -0.2) is 16.0 Å². The molecule has 0 N–H and O–H groups in total. The molecule has 19 heavy (non-hydrogen) atoms. The molecule has 0 saturated heterocycles. The van der Waals surface area contributed by atoms with Crippen molar-refractivity contribution in [2.75, 3.05) is 6.61 Å². The molecule has 0 amide bonds. The van der Waals surface area contributed by atoms with E-state index in [0.717, 1.165) is 22.7 Å². The third-order valence-corrected chi connectivity index (χ3v) is 3.14. The van der Waals surface area contributed by atoms with Gasteiger partial charge < -0.3 is 9.14 Å².